The van der Waals surface area contributed by atoms with Gasteiger partial charge in [-0.3, -0.25) is 4.79 Å². The number of hydrogen-bond donors (Lipinski definition) is 0. The molecule has 0 N–H and O–H groups in total. The molecule has 5 heteroatoms. The molecule has 2 unspecified atom stereocenters. The van der Waals surface area contributed by atoms with Gasteiger partial charge in [-0.05, 0) is 13.5 Å². The van der Waals surface area contributed by atoms with E-state index in [4.69, 9.17) is 0 Å². The zero-order valence-electron chi connectivity index (χ0n) is 12.0. The molecule has 0 aliphatic carbocycles. The van der Waals surface area contributed by atoms with Crippen LogP contribution in [0.25, 0.3) is 0 Å². The molecule has 0 saturated carbocycles. The highest BCUT2D eigenvalue weighted by atomic mass is 32.2. The third kappa shape index (κ3) is 3.67. The third-order valence-corrected chi connectivity index (χ3v) is 5.65. The van der Waals surface area contributed by atoms with Gasteiger partial charge in [0.1, 0.15) is 0 Å². The van der Waals surface area contributed by atoms with Crippen LogP contribution in [-0.2, 0) is 9.84 Å². The Kier molecular flexibility index (Phi) is 4.60. The Morgan fingerprint density at radius 3 is 2.55 bits per heavy atom. The summed E-state index contributed by atoms with van der Waals surface area (Å²) in [4.78, 5) is 14.3. The molecule has 1 saturated heterocycles. The summed E-state index contributed by atoms with van der Waals surface area (Å²) in [6.45, 7) is 2.49. The Labute approximate surface area is 120 Å². The molecule has 20 heavy (non-hydrogen) atoms. The topological polar surface area (TPSA) is 54.5 Å². The van der Waals surface area contributed by atoms with Gasteiger partial charge in [0.25, 0.3) is 0 Å². The lowest BCUT2D eigenvalue weighted by molar-refractivity contribution is 0.0891. The van der Waals surface area contributed by atoms with Crippen LogP contribution in [0, 0.1) is 5.92 Å². The number of carbonyl (C=O) groups is 1. The van der Waals surface area contributed by atoms with Crippen molar-refractivity contribution in [3.63, 3.8) is 0 Å². The maximum Gasteiger partial charge on any atom is 0.166 e. The molecule has 0 aromatic heterocycles. The lowest BCUT2D eigenvalue weighted by Crippen LogP contribution is -2.37. The van der Waals surface area contributed by atoms with Crippen LogP contribution in [-0.4, -0.2) is 50.2 Å². The van der Waals surface area contributed by atoms with Crippen molar-refractivity contribution in [2.75, 3.05) is 25.1 Å². The van der Waals surface area contributed by atoms with Crippen molar-refractivity contribution in [1.29, 1.82) is 0 Å². The minimum atomic E-state index is -2.88. The van der Waals surface area contributed by atoms with Crippen LogP contribution in [0.5, 0.6) is 0 Å². The number of Topliss-reactive ketones (excluding diaryl/α,β-unsaturated/α-hetero) is 1. The van der Waals surface area contributed by atoms with Gasteiger partial charge in [-0.15, -0.1) is 0 Å². The van der Waals surface area contributed by atoms with Crippen LogP contribution in [0.2, 0.25) is 0 Å². The fourth-order valence-electron chi connectivity index (χ4n) is 2.67. The van der Waals surface area contributed by atoms with E-state index in [1.54, 1.807) is 0 Å². The van der Waals surface area contributed by atoms with E-state index in [1.165, 1.54) is 0 Å². The normalized spacial score (nSPS) is 22.9. The van der Waals surface area contributed by atoms with Gasteiger partial charge >= 0.3 is 0 Å². The molecule has 1 fully saturated rings. The lowest BCUT2D eigenvalue weighted by atomic mass is 9.98. The van der Waals surface area contributed by atoms with Crippen molar-refractivity contribution in [2.24, 2.45) is 5.92 Å². The van der Waals surface area contributed by atoms with Crippen LogP contribution in [0.1, 0.15) is 23.7 Å². The Morgan fingerprint density at radius 2 is 2.00 bits per heavy atom. The molecule has 110 valence electrons. The zero-order valence-corrected chi connectivity index (χ0v) is 12.8. The van der Waals surface area contributed by atoms with Crippen LogP contribution < -0.4 is 0 Å². The lowest BCUT2D eigenvalue weighted by Gasteiger charge is -2.25. The molecule has 1 aliphatic heterocycles. The quantitative estimate of drug-likeness (QED) is 0.775. The van der Waals surface area contributed by atoms with Crippen molar-refractivity contribution in [2.45, 2.75) is 19.4 Å². The van der Waals surface area contributed by atoms with E-state index in [-0.39, 0.29) is 29.2 Å². The largest absolute Gasteiger partial charge is 0.302 e. The maximum atomic E-state index is 12.3. The van der Waals surface area contributed by atoms with Gasteiger partial charge in [-0.1, -0.05) is 37.3 Å². The van der Waals surface area contributed by atoms with Crippen molar-refractivity contribution in [3.8, 4) is 0 Å². The molecule has 2 atom stereocenters. The summed E-state index contributed by atoms with van der Waals surface area (Å²) in [5, 5.41) is 0. The number of sulfone groups is 1. The number of ketones is 1. The molecule has 0 amide bonds. The van der Waals surface area contributed by atoms with Gasteiger partial charge < -0.3 is 4.90 Å². The Hall–Kier alpha value is -1.20. The summed E-state index contributed by atoms with van der Waals surface area (Å²) in [6, 6.07) is 9.28. The number of rotatable bonds is 5. The summed E-state index contributed by atoms with van der Waals surface area (Å²) in [5.41, 5.74) is 0.715. The number of nitrogens with zero attached hydrogens (tertiary/aromatic N) is 1. The highest BCUT2D eigenvalue weighted by Crippen LogP contribution is 2.18. The summed E-state index contributed by atoms with van der Waals surface area (Å²) < 4.78 is 23.0. The molecule has 4 nitrogen and oxygen atoms in total. The van der Waals surface area contributed by atoms with E-state index < -0.39 is 9.84 Å². The molecule has 2 rings (SSSR count). The monoisotopic (exact) mass is 295 g/mol. The summed E-state index contributed by atoms with van der Waals surface area (Å²) in [6.07, 6.45) is 0.672. The summed E-state index contributed by atoms with van der Waals surface area (Å²) >= 11 is 0. The van der Waals surface area contributed by atoms with Crippen LogP contribution >= 0.6 is 0 Å². The molecule has 0 radical (unpaired) electrons. The zero-order chi connectivity index (χ0) is 14.8. The van der Waals surface area contributed by atoms with E-state index in [0.717, 1.165) is 0 Å². The molecular formula is C15H21NO3S. The number of hydrogen-bond acceptors (Lipinski definition) is 4. The second-order valence-corrected chi connectivity index (χ2v) is 7.86. The van der Waals surface area contributed by atoms with Gasteiger partial charge in [-0.2, -0.15) is 0 Å². The SMILES string of the molecule is CC(CN(C)C1CCS(=O)(=O)C1)C(=O)c1ccccc1. The van der Waals surface area contributed by atoms with Gasteiger partial charge in [-0.25, -0.2) is 8.42 Å². The van der Waals surface area contributed by atoms with Crippen LogP contribution in [0.15, 0.2) is 30.3 Å². The second kappa shape index (κ2) is 6.06. The predicted molar refractivity (Wildman–Crippen MR) is 79.6 cm³/mol. The fourth-order valence-corrected chi connectivity index (χ4v) is 4.48. The minimum absolute atomic E-state index is 0.0472. The molecule has 1 heterocycles. The van der Waals surface area contributed by atoms with E-state index in [2.05, 4.69) is 0 Å². The second-order valence-electron chi connectivity index (χ2n) is 5.63. The van der Waals surface area contributed by atoms with Gasteiger partial charge in [0.2, 0.25) is 0 Å². The van der Waals surface area contributed by atoms with Crippen molar-refractivity contribution in [3.05, 3.63) is 35.9 Å². The Balaban J connectivity index is 1.94. The molecular weight excluding hydrogens is 274 g/mol. The smallest absolute Gasteiger partial charge is 0.166 e. The minimum Gasteiger partial charge on any atom is -0.302 e. The molecule has 1 aromatic rings. The third-order valence-electron chi connectivity index (χ3n) is 3.90. The van der Waals surface area contributed by atoms with E-state index >= 15 is 0 Å². The number of carbonyl (C=O) groups excluding carboxylic acids is 1. The Bertz CT molecular complexity index is 568. The van der Waals surface area contributed by atoms with Crippen LogP contribution in [0.4, 0.5) is 0 Å². The van der Waals surface area contributed by atoms with Crippen molar-refractivity contribution < 1.29 is 13.2 Å². The standard InChI is InChI=1S/C15H21NO3S/c1-12(15(17)13-6-4-3-5-7-13)10-16(2)14-8-9-20(18,19)11-14/h3-7,12,14H,8-11H2,1-2H3. The van der Waals surface area contributed by atoms with Gasteiger partial charge in [0.05, 0.1) is 11.5 Å². The first-order valence-electron chi connectivity index (χ1n) is 6.89. The predicted octanol–water partition coefficient (Wildman–Crippen LogP) is 1.62. The van der Waals surface area contributed by atoms with Gasteiger partial charge in [0.15, 0.2) is 15.6 Å². The van der Waals surface area contributed by atoms with Crippen LogP contribution in [0.3, 0.4) is 0 Å². The molecule has 1 aromatic carbocycles. The number of benzene rings is 1. The van der Waals surface area contributed by atoms with E-state index in [1.807, 2.05) is 49.2 Å². The summed E-state index contributed by atoms with van der Waals surface area (Å²) in [7, 11) is -0.972. The molecule has 1 aliphatic rings. The van der Waals surface area contributed by atoms with Crippen molar-refractivity contribution >= 4 is 15.6 Å². The fraction of sp³-hybridized carbons (Fsp3) is 0.533. The van der Waals surface area contributed by atoms with Gasteiger partial charge in [0, 0.05) is 24.1 Å². The van der Waals surface area contributed by atoms with E-state index in [9.17, 15) is 13.2 Å². The maximum absolute atomic E-state index is 12.3. The first-order chi connectivity index (χ1) is 9.39. The average Bonchev–Trinajstić information content (AvgIpc) is 2.79. The Morgan fingerprint density at radius 1 is 1.35 bits per heavy atom. The average molecular weight is 295 g/mol. The summed E-state index contributed by atoms with van der Waals surface area (Å²) in [5.74, 6) is 0.461. The first kappa shape index (κ1) is 15.2. The highest BCUT2D eigenvalue weighted by molar-refractivity contribution is 7.91. The molecule has 0 spiro atoms. The highest BCUT2D eigenvalue weighted by Gasteiger charge is 2.31. The first-order valence-corrected chi connectivity index (χ1v) is 8.71. The molecule has 0 bridgehead atoms. The van der Waals surface area contributed by atoms with E-state index in [0.29, 0.717) is 18.5 Å². The van der Waals surface area contributed by atoms with Crippen molar-refractivity contribution in [1.82, 2.24) is 4.90 Å².